The van der Waals surface area contributed by atoms with Crippen molar-refractivity contribution in [1.82, 2.24) is 20.0 Å². The molecule has 0 aliphatic rings. The molecular weight excluding hydrogens is 325 g/mol. The van der Waals surface area contributed by atoms with Crippen LogP contribution in [0.15, 0.2) is 47.5 Å². The van der Waals surface area contributed by atoms with Crippen LogP contribution < -0.4 is 11.3 Å². The average Bonchev–Trinajstić information content (AvgIpc) is 2.88. The van der Waals surface area contributed by atoms with Crippen molar-refractivity contribution in [2.24, 2.45) is 5.84 Å². The zero-order chi connectivity index (χ0) is 14.1. The highest BCUT2D eigenvalue weighted by molar-refractivity contribution is 9.10. The summed E-state index contributed by atoms with van der Waals surface area (Å²) in [7, 11) is 0. The number of hydrazine groups is 1. The largest absolute Gasteiger partial charge is 0.271 e. The topological polar surface area (TPSA) is 68.2 Å². The predicted molar refractivity (Wildman–Crippen MR) is 76.3 cm³/mol. The van der Waals surface area contributed by atoms with Gasteiger partial charge in [-0.2, -0.15) is 5.10 Å². The van der Waals surface area contributed by atoms with Crippen molar-refractivity contribution in [2.45, 2.75) is 6.04 Å². The van der Waals surface area contributed by atoms with E-state index >= 15 is 0 Å². The highest BCUT2D eigenvalue weighted by Gasteiger charge is 2.21. The molecule has 3 rings (SSSR count). The maximum absolute atomic E-state index is 14.2. The van der Waals surface area contributed by atoms with E-state index in [-0.39, 0.29) is 5.82 Å². The Balaban J connectivity index is 2.17. The second kappa shape index (κ2) is 5.28. The number of hydrogen-bond acceptors (Lipinski definition) is 4. The van der Waals surface area contributed by atoms with Crippen molar-refractivity contribution in [2.75, 3.05) is 0 Å². The number of rotatable bonds is 3. The minimum Gasteiger partial charge on any atom is -0.271 e. The molecule has 3 N–H and O–H groups in total. The monoisotopic (exact) mass is 335 g/mol. The molecular formula is C13H11BrFN5. The van der Waals surface area contributed by atoms with E-state index in [1.165, 1.54) is 0 Å². The van der Waals surface area contributed by atoms with Gasteiger partial charge < -0.3 is 0 Å². The van der Waals surface area contributed by atoms with Crippen LogP contribution in [0.2, 0.25) is 0 Å². The van der Waals surface area contributed by atoms with Gasteiger partial charge in [-0.25, -0.2) is 14.3 Å². The number of nitrogens with one attached hydrogen (secondary N) is 1. The lowest BCUT2D eigenvalue weighted by molar-refractivity contribution is 0.557. The van der Waals surface area contributed by atoms with Gasteiger partial charge in [0.25, 0.3) is 0 Å². The first-order chi connectivity index (χ1) is 9.72. The van der Waals surface area contributed by atoms with Gasteiger partial charge in [-0.1, -0.05) is 12.1 Å². The Morgan fingerprint density at radius 2 is 2.15 bits per heavy atom. The normalized spacial score (nSPS) is 12.8. The number of halogens is 2. The van der Waals surface area contributed by atoms with Crippen LogP contribution in [0.25, 0.3) is 5.52 Å². The molecule has 0 amide bonds. The molecule has 0 aliphatic heterocycles. The molecule has 0 aliphatic carbocycles. The number of aromatic nitrogens is 3. The fourth-order valence-corrected chi connectivity index (χ4v) is 2.55. The molecule has 0 bridgehead atoms. The lowest BCUT2D eigenvalue weighted by Gasteiger charge is -2.16. The number of hydrogen-bond donors (Lipinski definition) is 2. The number of fused-ring (bicyclic) bond motifs is 1. The second-order valence-corrected chi connectivity index (χ2v) is 5.10. The van der Waals surface area contributed by atoms with Crippen molar-refractivity contribution < 1.29 is 4.39 Å². The summed E-state index contributed by atoms with van der Waals surface area (Å²) in [4.78, 5) is 4.06. The van der Waals surface area contributed by atoms with Gasteiger partial charge in [-0.05, 0) is 22.0 Å². The van der Waals surface area contributed by atoms with Crippen LogP contribution in [0.5, 0.6) is 0 Å². The highest BCUT2D eigenvalue weighted by Crippen LogP contribution is 2.29. The minimum atomic E-state index is -0.505. The van der Waals surface area contributed by atoms with Gasteiger partial charge in [0.05, 0.1) is 28.4 Å². The molecule has 0 spiro atoms. The molecule has 102 valence electrons. The van der Waals surface area contributed by atoms with Crippen molar-refractivity contribution in [3.63, 3.8) is 0 Å². The van der Waals surface area contributed by atoms with E-state index in [0.717, 1.165) is 11.1 Å². The molecule has 0 saturated carbocycles. The van der Waals surface area contributed by atoms with Crippen LogP contribution >= 0.6 is 15.9 Å². The Hall–Kier alpha value is -1.83. The van der Waals surface area contributed by atoms with E-state index < -0.39 is 6.04 Å². The van der Waals surface area contributed by atoms with E-state index in [2.05, 4.69) is 31.4 Å². The molecule has 1 aromatic carbocycles. The molecule has 3 aromatic rings. The fraction of sp³-hybridized carbons (Fsp3) is 0.0769. The van der Waals surface area contributed by atoms with Crippen LogP contribution in [0.3, 0.4) is 0 Å². The van der Waals surface area contributed by atoms with E-state index in [9.17, 15) is 4.39 Å². The maximum Gasteiger partial charge on any atom is 0.142 e. The summed E-state index contributed by atoms with van der Waals surface area (Å²) in [6.07, 6.45) is 6.68. The summed E-state index contributed by atoms with van der Waals surface area (Å²) < 4.78 is 16.3. The third kappa shape index (κ3) is 2.09. The van der Waals surface area contributed by atoms with Crippen LogP contribution in [0.1, 0.15) is 17.2 Å². The summed E-state index contributed by atoms with van der Waals surface area (Å²) in [5.41, 5.74) is 4.62. The van der Waals surface area contributed by atoms with E-state index in [1.54, 1.807) is 47.5 Å². The third-order valence-corrected chi connectivity index (χ3v) is 3.74. The Kier molecular flexibility index (Phi) is 3.47. The van der Waals surface area contributed by atoms with Crippen LogP contribution in [0, 0.1) is 5.82 Å². The van der Waals surface area contributed by atoms with E-state index in [0.29, 0.717) is 10.0 Å². The molecule has 1 unspecified atom stereocenters. The van der Waals surface area contributed by atoms with E-state index in [4.69, 9.17) is 5.84 Å². The summed E-state index contributed by atoms with van der Waals surface area (Å²) in [6, 6.07) is 4.58. The molecule has 2 heterocycles. The third-order valence-electron chi connectivity index (χ3n) is 3.12. The van der Waals surface area contributed by atoms with Gasteiger partial charge in [0, 0.05) is 23.5 Å². The fourth-order valence-electron chi connectivity index (χ4n) is 2.17. The molecule has 0 fully saturated rings. The summed E-state index contributed by atoms with van der Waals surface area (Å²) in [6.45, 7) is 0. The zero-order valence-electron chi connectivity index (χ0n) is 10.3. The summed E-state index contributed by atoms with van der Waals surface area (Å²) in [5.74, 6) is 5.27. The summed E-state index contributed by atoms with van der Waals surface area (Å²) in [5, 5.41) is 4.21. The predicted octanol–water partition coefficient (Wildman–Crippen LogP) is 2.18. The molecule has 5 nitrogen and oxygen atoms in total. The van der Waals surface area contributed by atoms with Crippen LogP contribution in [0.4, 0.5) is 4.39 Å². The quantitative estimate of drug-likeness (QED) is 0.568. The van der Waals surface area contributed by atoms with Crippen molar-refractivity contribution >= 4 is 21.4 Å². The minimum absolute atomic E-state index is 0.348. The second-order valence-electron chi connectivity index (χ2n) is 4.25. The highest BCUT2D eigenvalue weighted by atomic mass is 79.9. The van der Waals surface area contributed by atoms with Gasteiger partial charge in [0.1, 0.15) is 5.82 Å². The average molecular weight is 336 g/mol. The van der Waals surface area contributed by atoms with Crippen molar-refractivity contribution in [1.29, 1.82) is 0 Å². The molecule has 20 heavy (non-hydrogen) atoms. The first-order valence-corrected chi connectivity index (χ1v) is 6.69. The number of nitrogens with zero attached hydrogens (tertiary/aromatic N) is 3. The van der Waals surface area contributed by atoms with Crippen LogP contribution in [-0.2, 0) is 0 Å². The van der Waals surface area contributed by atoms with Gasteiger partial charge in [0.15, 0.2) is 0 Å². The van der Waals surface area contributed by atoms with Gasteiger partial charge in [-0.15, -0.1) is 0 Å². The number of nitrogens with two attached hydrogens (primary N) is 1. The zero-order valence-corrected chi connectivity index (χ0v) is 11.9. The Labute approximate surface area is 122 Å². The van der Waals surface area contributed by atoms with Crippen molar-refractivity contribution in [3.8, 4) is 0 Å². The first kappa shape index (κ1) is 13.2. The number of benzene rings is 1. The molecule has 0 saturated heterocycles. The summed E-state index contributed by atoms with van der Waals surface area (Å²) >= 11 is 3.18. The van der Waals surface area contributed by atoms with E-state index in [1.807, 2.05) is 0 Å². The van der Waals surface area contributed by atoms with Crippen LogP contribution in [-0.4, -0.2) is 14.6 Å². The first-order valence-electron chi connectivity index (χ1n) is 5.89. The lowest BCUT2D eigenvalue weighted by Crippen LogP contribution is -2.29. The lowest BCUT2D eigenvalue weighted by atomic mass is 10.0. The van der Waals surface area contributed by atoms with Crippen molar-refractivity contribution in [3.05, 3.63) is 64.4 Å². The molecule has 7 heteroatoms. The Bertz CT molecular complexity index is 757. The maximum atomic E-state index is 14.2. The smallest absolute Gasteiger partial charge is 0.142 e. The Morgan fingerprint density at radius 3 is 2.95 bits per heavy atom. The van der Waals surface area contributed by atoms with Gasteiger partial charge in [0.2, 0.25) is 0 Å². The SMILES string of the molecule is NNC(c1cccc(Br)c1F)c1cnn2ccncc12. The molecule has 1 atom stereocenters. The van der Waals surface area contributed by atoms with Gasteiger partial charge >= 0.3 is 0 Å². The van der Waals surface area contributed by atoms with Gasteiger partial charge in [-0.3, -0.25) is 10.8 Å². The molecule has 0 radical (unpaired) electrons. The Morgan fingerprint density at radius 1 is 1.30 bits per heavy atom. The molecule has 2 aromatic heterocycles. The standard InChI is InChI=1S/C13H11BrFN5/c14-10-3-1-2-8(12(10)15)13(19-16)9-6-18-20-5-4-17-7-11(9)20/h1-7,13,19H,16H2.